The molecule has 1 atom stereocenters. The van der Waals surface area contributed by atoms with Gasteiger partial charge in [-0.15, -0.1) is 0 Å². The minimum absolute atomic E-state index is 0.000471. The summed E-state index contributed by atoms with van der Waals surface area (Å²) in [7, 11) is 0. The number of ketones is 2. The van der Waals surface area contributed by atoms with Crippen molar-refractivity contribution in [3.63, 3.8) is 0 Å². The number of allylic oxidation sites excluding steroid dienone is 1. The first-order valence-electron chi connectivity index (χ1n) is 7.26. The Bertz CT molecular complexity index is 674. The third-order valence-electron chi connectivity index (χ3n) is 3.94. The Labute approximate surface area is 129 Å². The number of carbonyl (C=O) groups excluding carboxylic acids is 3. The van der Waals surface area contributed by atoms with Crippen molar-refractivity contribution in [3.8, 4) is 0 Å². The Hall–Kier alpha value is -2.27. The maximum atomic E-state index is 12.5. The number of rotatable bonds is 4. The van der Waals surface area contributed by atoms with Crippen molar-refractivity contribution in [1.29, 1.82) is 0 Å². The van der Waals surface area contributed by atoms with E-state index in [1.165, 1.54) is 0 Å². The molecule has 0 unspecified atom stereocenters. The third-order valence-corrected chi connectivity index (χ3v) is 3.94. The molecule has 1 amide bonds. The van der Waals surface area contributed by atoms with Gasteiger partial charge in [-0.3, -0.25) is 14.4 Å². The SMILES string of the molecule is CC1=C(CNC(=O)[C@H](N)C(C)C)C(=O)c2ccccc2C1=O. The zero-order valence-electron chi connectivity index (χ0n) is 13.0. The van der Waals surface area contributed by atoms with Gasteiger partial charge in [0.25, 0.3) is 0 Å². The fourth-order valence-electron chi connectivity index (χ4n) is 2.36. The number of amides is 1. The molecular formula is C17H20N2O3. The van der Waals surface area contributed by atoms with Crippen molar-refractivity contribution in [1.82, 2.24) is 5.32 Å². The van der Waals surface area contributed by atoms with Gasteiger partial charge in [0.05, 0.1) is 6.04 Å². The quantitative estimate of drug-likeness (QED) is 0.881. The van der Waals surface area contributed by atoms with E-state index in [4.69, 9.17) is 5.73 Å². The maximum absolute atomic E-state index is 12.5. The highest BCUT2D eigenvalue weighted by Gasteiger charge is 2.29. The van der Waals surface area contributed by atoms with Gasteiger partial charge >= 0.3 is 0 Å². The van der Waals surface area contributed by atoms with Crippen LogP contribution in [0.4, 0.5) is 0 Å². The molecule has 2 rings (SSSR count). The summed E-state index contributed by atoms with van der Waals surface area (Å²) in [6, 6.07) is 6.08. The third kappa shape index (κ3) is 2.85. The molecule has 1 aromatic rings. The van der Waals surface area contributed by atoms with E-state index in [0.717, 1.165) is 0 Å². The van der Waals surface area contributed by atoms with Gasteiger partial charge in [-0.1, -0.05) is 38.1 Å². The van der Waals surface area contributed by atoms with Crippen LogP contribution in [0.15, 0.2) is 35.4 Å². The smallest absolute Gasteiger partial charge is 0.237 e. The van der Waals surface area contributed by atoms with Crippen LogP contribution in [0.1, 0.15) is 41.5 Å². The molecule has 0 saturated heterocycles. The number of hydrogen-bond donors (Lipinski definition) is 2. The molecule has 116 valence electrons. The normalized spacial score (nSPS) is 15.9. The molecule has 0 radical (unpaired) electrons. The lowest BCUT2D eigenvalue weighted by atomic mass is 9.84. The Morgan fingerprint density at radius 2 is 1.68 bits per heavy atom. The van der Waals surface area contributed by atoms with Crippen molar-refractivity contribution < 1.29 is 14.4 Å². The molecule has 5 heteroatoms. The number of benzene rings is 1. The number of nitrogens with one attached hydrogen (secondary N) is 1. The molecule has 0 spiro atoms. The van der Waals surface area contributed by atoms with E-state index in [1.54, 1.807) is 31.2 Å². The van der Waals surface area contributed by atoms with Crippen molar-refractivity contribution in [2.45, 2.75) is 26.8 Å². The van der Waals surface area contributed by atoms with Gasteiger partial charge in [0.1, 0.15) is 0 Å². The van der Waals surface area contributed by atoms with Crippen molar-refractivity contribution in [2.75, 3.05) is 6.54 Å². The first-order chi connectivity index (χ1) is 10.3. The highest BCUT2D eigenvalue weighted by Crippen LogP contribution is 2.25. The number of hydrogen-bond acceptors (Lipinski definition) is 4. The predicted molar refractivity (Wildman–Crippen MR) is 83.6 cm³/mol. The second-order valence-corrected chi connectivity index (χ2v) is 5.79. The van der Waals surface area contributed by atoms with Crippen molar-refractivity contribution in [2.24, 2.45) is 11.7 Å². The molecule has 22 heavy (non-hydrogen) atoms. The second kappa shape index (κ2) is 6.23. The van der Waals surface area contributed by atoms with E-state index < -0.39 is 6.04 Å². The minimum Gasteiger partial charge on any atom is -0.351 e. The fourth-order valence-corrected chi connectivity index (χ4v) is 2.36. The highest BCUT2D eigenvalue weighted by atomic mass is 16.2. The first kappa shape index (κ1) is 16.1. The van der Waals surface area contributed by atoms with Gasteiger partial charge in [-0.2, -0.15) is 0 Å². The summed E-state index contributed by atoms with van der Waals surface area (Å²) in [5.41, 5.74) is 7.27. The largest absolute Gasteiger partial charge is 0.351 e. The lowest BCUT2D eigenvalue weighted by molar-refractivity contribution is -0.123. The summed E-state index contributed by atoms with van der Waals surface area (Å²) in [5, 5.41) is 2.65. The lowest BCUT2D eigenvalue weighted by Gasteiger charge is -2.20. The van der Waals surface area contributed by atoms with Gasteiger partial charge in [0, 0.05) is 28.8 Å². The molecule has 0 fully saturated rings. The van der Waals surface area contributed by atoms with Gasteiger partial charge in [0.2, 0.25) is 5.91 Å². The zero-order chi connectivity index (χ0) is 16.4. The van der Waals surface area contributed by atoms with Gasteiger partial charge < -0.3 is 11.1 Å². The van der Waals surface area contributed by atoms with Crippen molar-refractivity contribution >= 4 is 17.5 Å². The van der Waals surface area contributed by atoms with Crippen LogP contribution in [0.3, 0.4) is 0 Å². The monoisotopic (exact) mass is 300 g/mol. The zero-order valence-corrected chi connectivity index (χ0v) is 13.0. The summed E-state index contributed by atoms with van der Waals surface area (Å²) >= 11 is 0. The summed E-state index contributed by atoms with van der Waals surface area (Å²) in [6.07, 6.45) is 0. The lowest BCUT2D eigenvalue weighted by Crippen LogP contribution is -2.45. The number of nitrogens with two attached hydrogens (primary N) is 1. The van der Waals surface area contributed by atoms with E-state index in [0.29, 0.717) is 22.3 Å². The van der Waals surface area contributed by atoms with Gasteiger partial charge in [-0.05, 0) is 12.8 Å². The molecule has 0 heterocycles. The summed E-state index contributed by atoms with van der Waals surface area (Å²) in [6.45, 7) is 5.32. The average Bonchev–Trinajstić information content (AvgIpc) is 2.51. The molecular weight excluding hydrogens is 280 g/mol. The van der Waals surface area contributed by atoms with Crippen LogP contribution in [0, 0.1) is 5.92 Å². The Kier molecular flexibility index (Phi) is 4.56. The van der Waals surface area contributed by atoms with Crippen LogP contribution in [0.2, 0.25) is 0 Å². The first-order valence-corrected chi connectivity index (χ1v) is 7.26. The van der Waals surface area contributed by atoms with Crippen molar-refractivity contribution in [3.05, 3.63) is 46.5 Å². The van der Waals surface area contributed by atoms with Crippen LogP contribution in [0.25, 0.3) is 0 Å². The van der Waals surface area contributed by atoms with E-state index in [-0.39, 0.29) is 29.9 Å². The highest BCUT2D eigenvalue weighted by molar-refractivity contribution is 6.26. The minimum atomic E-state index is -0.636. The molecule has 1 aliphatic carbocycles. The summed E-state index contributed by atoms with van der Waals surface area (Å²) < 4.78 is 0. The van der Waals surface area contributed by atoms with E-state index in [2.05, 4.69) is 5.32 Å². The maximum Gasteiger partial charge on any atom is 0.237 e. The molecule has 5 nitrogen and oxygen atoms in total. The van der Waals surface area contributed by atoms with Crippen LogP contribution >= 0.6 is 0 Å². The summed E-state index contributed by atoms with van der Waals surface area (Å²) in [5.74, 6) is -0.715. The van der Waals surface area contributed by atoms with E-state index in [1.807, 2.05) is 13.8 Å². The molecule has 0 bridgehead atoms. The molecule has 3 N–H and O–H groups in total. The Morgan fingerprint density at radius 3 is 2.23 bits per heavy atom. The standard InChI is InChI=1S/C17H20N2O3/c1-9(2)14(18)17(22)19-8-13-10(3)15(20)11-6-4-5-7-12(11)16(13)21/h4-7,9,14H,8,18H2,1-3H3,(H,19,22)/t14-/m1/s1. The second-order valence-electron chi connectivity index (χ2n) is 5.79. The molecule has 0 saturated carbocycles. The van der Waals surface area contributed by atoms with Crippen LogP contribution in [-0.2, 0) is 4.79 Å². The molecule has 0 aliphatic heterocycles. The predicted octanol–water partition coefficient (Wildman–Crippen LogP) is 1.48. The van der Waals surface area contributed by atoms with E-state index in [9.17, 15) is 14.4 Å². The number of fused-ring (bicyclic) bond motifs is 1. The van der Waals surface area contributed by atoms with Gasteiger partial charge in [0.15, 0.2) is 11.6 Å². The van der Waals surface area contributed by atoms with Crippen LogP contribution in [0.5, 0.6) is 0 Å². The van der Waals surface area contributed by atoms with Gasteiger partial charge in [-0.25, -0.2) is 0 Å². The Morgan fingerprint density at radius 1 is 1.14 bits per heavy atom. The summed E-state index contributed by atoms with van der Waals surface area (Å²) in [4.78, 5) is 36.7. The number of Topliss-reactive ketones (excluding diaryl/α,β-unsaturated/α-hetero) is 2. The fraction of sp³-hybridized carbons (Fsp3) is 0.353. The average molecular weight is 300 g/mol. The topological polar surface area (TPSA) is 89.3 Å². The van der Waals surface area contributed by atoms with Crippen LogP contribution in [-0.4, -0.2) is 30.1 Å². The number of carbonyl (C=O) groups is 3. The van der Waals surface area contributed by atoms with Crippen LogP contribution < -0.4 is 11.1 Å². The molecule has 1 aliphatic rings. The molecule has 0 aromatic heterocycles. The van der Waals surface area contributed by atoms with E-state index >= 15 is 0 Å². The molecule has 1 aromatic carbocycles. The Balaban J connectivity index is 2.22.